The van der Waals surface area contributed by atoms with Crippen LogP contribution in [0.2, 0.25) is 5.02 Å². The van der Waals surface area contributed by atoms with Gasteiger partial charge in [0.05, 0.1) is 23.5 Å². The third-order valence-electron chi connectivity index (χ3n) is 6.15. The van der Waals surface area contributed by atoms with Crippen LogP contribution in [0.1, 0.15) is 41.1 Å². The Balaban J connectivity index is 1.89. The first-order valence-electron chi connectivity index (χ1n) is 11.9. The average molecular weight is 568 g/mol. The van der Waals surface area contributed by atoms with Gasteiger partial charge in [0.1, 0.15) is 5.82 Å². The number of fused-ring (bicyclic) bond motifs is 1. The van der Waals surface area contributed by atoms with Crippen LogP contribution >= 0.6 is 27.5 Å². The number of carbonyl (C=O) groups is 1. The highest BCUT2D eigenvalue weighted by Gasteiger charge is 2.29. The fraction of sp³-hybridized carbons (Fsp3) is 0.250. The largest absolute Gasteiger partial charge is 0.327 e. The standard InChI is InChI=1S/C28H28BrClN4O2/c1-3-25(33(16-15-31-2)27(35)20-9-11-21(29)12-10-20)26-32-24-17-22(30)13-14-23(24)28(36)34(26)18-19-7-5-4-6-8-19/h4-14,17,25,31H,3,15-16,18H2,1-2H3. The number of hydrogen-bond donors (Lipinski definition) is 1. The molecule has 0 aliphatic heterocycles. The number of benzene rings is 3. The molecule has 0 saturated heterocycles. The van der Waals surface area contributed by atoms with Crippen molar-refractivity contribution in [1.82, 2.24) is 19.8 Å². The Morgan fingerprint density at radius 1 is 1.11 bits per heavy atom. The number of likely N-dealkylation sites (N-methyl/N-ethyl adjacent to an activating group) is 1. The Hall–Kier alpha value is -3.00. The summed E-state index contributed by atoms with van der Waals surface area (Å²) >= 11 is 9.69. The van der Waals surface area contributed by atoms with E-state index in [-0.39, 0.29) is 11.5 Å². The predicted molar refractivity (Wildman–Crippen MR) is 149 cm³/mol. The van der Waals surface area contributed by atoms with Crippen molar-refractivity contribution >= 4 is 44.3 Å². The number of halogens is 2. The minimum Gasteiger partial charge on any atom is -0.327 e. The SMILES string of the molecule is CCC(c1nc2cc(Cl)ccc2c(=O)n1Cc1ccccc1)N(CCNC)C(=O)c1ccc(Br)cc1. The van der Waals surface area contributed by atoms with Crippen LogP contribution in [0, 0.1) is 0 Å². The van der Waals surface area contributed by atoms with Gasteiger partial charge in [0.2, 0.25) is 0 Å². The van der Waals surface area contributed by atoms with Crippen LogP contribution in [-0.4, -0.2) is 40.5 Å². The molecule has 0 fully saturated rings. The lowest BCUT2D eigenvalue weighted by molar-refractivity contribution is 0.0660. The van der Waals surface area contributed by atoms with E-state index in [0.29, 0.717) is 53.4 Å². The summed E-state index contributed by atoms with van der Waals surface area (Å²) in [6, 6.07) is 21.8. The number of carbonyl (C=O) groups excluding carboxylic acids is 1. The summed E-state index contributed by atoms with van der Waals surface area (Å²) in [5.41, 5.74) is 1.92. The quantitative estimate of drug-likeness (QED) is 0.283. The van der Waals surface area contributed by atoms with Crippen molar-refractivity contribution in [2.75, 3.05) is 20.1 Å². The van der Waals surface area contributed by atoms with Gasteiger partial charge in [-0.15, -0.1) is 0 Å². The monoisotopic (exact) mass is 566 g/mol. The molecule has 3 aromatic carbocycles. The van der Waals surface area contributed by atoms with Gasteiger partial charge in [-0.1, -0.05) is 64.8 Å². The molecule has 4 aromatic rings. The zero-order valence-corrected chi connectivity index (χ0v) is 22.6. The van der Waals surface area contributed by atoms with Crippen LogP contribution in [0.3, 0.4) is 0 Å². The zero-order valence-electron chi connectivity index (χ0n) is 20.2. The molecule has 1 heterocycles. The van der Waals surface area contributed by atoms with Crippen LogP contribution in [0.4, 0.5) is 0 Å². The summed E-state index contributed by atoms with van der Waals surface area (Å²) < 4.78 is 2.60. The highest BCUT2D eigenvalue weighted by atomic mass is 79.9. The fourth-order valence-corrected chi connectivity index (χ4v) is 4.75. The van der Waals surface area contributed by atoms with E-state index in [1.807, 2.05) is 56.4 Å². The Kier molecular flexibility index (Phi) is 8.56. The van der Waals surface area contributed by atoms with Gasteiger partial charge in [-0.25, -0.2) is 4.98 Å². The lowest BCUT2D eigenvalue weighted by Gasteiger charge is -2.32. The minimum atomic E-state index is -0.422. The molecule has 1 atom stereocenters. The molecule has 0 aliphatic carbocycles. The number of aromatic nitrogens is 2. The second kappa shape index (κ2) is 11.8. The van der Waals surface area contributed by atoms with E-state index in [1.54, 1.807) is 39.8 Å². The summed E-state index contributed by atoms with van der Waals surface area (Å²) in [6.07, 6.45) is 0.583. The molecule has 1 amide bonds. The molecule has 0 radical (unpaired) electrons. The average Bonchev–Trinajstić information content (AvgIpc) is 2.89. The number of hydrogen-bond acceptors (Lipinski definition) is 4. The van der Waals surface area contributed by atoms with Gasteiger partial charge < -0.3 is 10.2 Å². The molecule has 0 spiro atoms. The fourth-order valence-electron chi connectivity index (χ4n) is 4.32. The van der Waals surface area contributed by atoms with Crippen LogP contribution in [0.25, 0.3) is 10.9 Å². The first-order chi connectivity index (χ1) is 17.4. The molecule has 0 saturated carbocycles. The van der Waals surface area contributed by atoms with Crippen molar-refractivity contribution in [3.63, 3.8) is 0 Å². The highest BCUT2D eigenvalue weighted by molar-refractivity contribution is 9.10. The second-order valence-electron chi connectivity index (χ2n) is 8.54. The Morgan fingerprint density at radius 3 is 2.50 bits per heavy atom. The van der Waals surface area contributed by atoms with Crippen LogP contribution < -0.4 is 10.9 Å². The van der Waals surface area contributed by atoms with Crippen molar-refractivity contribution in [2.24, 2.45) is 0 Å². The third kappa shape index (κ3) is 5.69. The van der Waals surface area contributed by atoms with Crippen molar-refractivity contribution in [2.45, 2.75) is 25.9 Å². The minimum absolute atomic E-state index is 0.115. The maximum absolute atomic E-state index is 13.8. The summed E-state index contributed by atoms with van der Waals surface area (Å²) in [4.78, 5) is 34.3. The molecule has 1 unspecified atom stereocenters. The molecule has 6 nitrogen and oxygen atoms in total. The summed E-state index contributed by atoms with van der Waals surface area (Å²) in [5.74, 6) is 0.430. The number of amides is 1. The molecule has 1 N–H and O–H groups in total. The Morgan fingerprint density at radius 2 is 1.83 bits per heavy atom. The van der Waals surface area contributed by atoms with Gasteiger partial charge in [0.15, 0.2) is 0 Å². The molecule has 0 bridgehead atoms. The van der Waals surface area contributed by atoms with Gasteiger partial charge in [-0.05, 0) is 61.5 Å². The third-order valence-corrected chi connectivity index (χ3v) is 6.91. The van der Waals surface area contributed by atoms with Crippen LogP contribution in [0.5, 0.6) is 0 Å². The van der Waals surface area contributed by atoms with Crippen LogP contribution in [0.15, 0.2) is 82.1 Å². The molecular formula is C28H28BrClN4O2. The molecule has 1 aromatic heterocycles. The normalized spacial score (nSPS) is 12.0. The molecule has 0 aliphatic rings. The summed E-state index contributed by atoms with van der Waals surface area (Å²) in [5, 5.41) is 4.14. The molecule has 186 valence electrons. The predicted octanol–water partition coefficient (Wildman–Crippen LogP) is 5.67. The van der Waals surface area contributed by atoms with E-state index in [2.05, 4.69) is 21.2 Å². The first kappa shape index (κ1) is 26.1. The first-order valence-corrected chi connectivity index (χ1v) is 13.0. The zero-order chi connectivity index (χ0) is 25.7. The van der Waals surface area contributed by atoms with Crippen molar-refractivity contribution in [3.8, 4) is 0 Å². The van der Waals surface area contributed by atoms with Crippen molar-refractivity contribution < 1.29 is 4.79 Å². The number of nitrogens with one attached hydrogen (secondary N) is 1. The molecule has 36 heavy (non-hydrogen) atoms. The molecule has 4 rings (SSSR count). The number of nitrogens with zero attached hydrogens (tertiary/aromatic N) is 3. The Bertz CT molecular complexity index is 1410. The van der Waals surface area contributed by atoms with Gasteiger partial charge in [0, 0.05) is 28.1 Å². The molecule has 8 heteroatoms. The van der Waals surface area contributed by atoms with E-state index in [1.165, 1.54) is 0 Å². The molecular weight excluding hydrogens is 540 g/mol. The summed E-state index contributed by atoms with van der Waals surface area (Å²) in [7, 11) is 1.85. The van der Waals surface area contributed by atoms with Gasteiger partial charge in [-0.2, -0.15) is 0 Å². The van der Waals surface area contributed by atoms with E-state index in [4.69, 9.17) is 16.6 Å². The summed E-state index contributed by atoms with van der Waals surface area (Å²) in [6.45, 7) is 3.41. The van der Waals surface area contributed by atoms with Crippen molar-refractivity contribution in [1.29, 1.82) is 0 Å². The smallest absolute Gasteiger partial charge is 0.261 e. The van der Waals surface area contributed by atoms with E-state index in [9.17, 15) is 9.59 Å². The van der Waals surface area contributed by atoms with Gasteiger partial charge >= 0.3 is 0 Å². The maximum Gasteiger partial charge on any atom is 0.261 e. The lowest BCUT2D eigenvalue weighted by atomic mass is 10.1. The van der Waals surface area contributed by atoms with Crippen molar-refractivity contribution in [3.05, 3.63) is 110 Å². The van der Waals surface area contributed by atoms with Gasteiger partial charge in [0.25, 0.3) is 11.5 Å². The Labute approximate surface area is 224 Å². The van der Waals surface area contributed by atoms with E-state index < -0.39 is 6.04 Å². The lowest BCUT2D eigenvalue weighted by Crippen LogP contribution is -2.42. The highest BCUT2D eigenvalue weighted by Crippen LogP contribution is 2.27. The van der Waals surface area contributed by atoms with E-state index >= 15 is 0 Å². The number of rotatable bonds is 9. The maximum atomic E-state index is 13.8. The van der Waals surface area contributed by atoms with Gasteiger partial charge in [-0.3, -0.25) is 14.2 Å². The van der Waals surface area contributed by atoms with E-state index in [0.717, 1.165) is 10.0 Å². The topological polar surface area (TPSA) is 67.2 Å². The van der Waals surface area contributed by atoms with Crippen LogP contribution in [-0.2, 0) is 6.54 Å². The second-order valence-corrected chi connectivity index (χ2v) is 9.89.